The lowest BCUT2D eigenvalue weighted by Crippen LogP contribution is -2.15. The third kappa shape index (κ3) is 1.97. The largest absolute Gasteiger partial charge is 0.464 e. The summed E-state index contributed by atoms with van der Waals surface area (Å²) in [5, 5.41) is 4.12. The van der Waals surface area contributed by atoms with Gasteiger partial charge in [0.25, 0.3) is 0 Å². The minimum atomic E-state index is -0.366. The summed E-state index contributed by atoms with van der Waals surface area (Å²) in [4.78, 5) is 11.4. The van der Waals surface area contributed by atoms with Crippen LogP contribution in [0.5, 0.6) is 0 Å². The molecule has 1 atom stereocenters. The average molecular weight is 261 g/mol. The number of rotatable bonds is 3. The quantitative estimate of drug-likeness (QED) is 0.785. The smallest absolute Gasteiger partial charge is 0.357 e. The van der Waals surface area contributed by atoms with Crippen LogP contribution in [0.3, 0.4) is 0 Å². The minimum absolute atomic E-state index is 0.190. The molecule has 0 radical (unpaired) electrons. The fourth-order valence-corrected chi connectivity index (χ4v) is 1.57. The van der Waals surface area contributed by atoms with E-state index >= 15 is 0 Å². The predicted octanol–water partition coefficient (Wildman–Crippen LogP) is 2.40. The molecule has 1 aromatic rings. The van der Waals surface area contributed by atoms with Crippen molar-refractivity contribution in [2.45, 2.75) is 26.3 Å². The van der Waals surface area contributed by atoms with Gasteiger partial charge in [0.15, 0.2) is 5.69 Å². The van der Waals surface area contributed by atoms with Crippen LogP contribution in [0.15, 0.2) is 10.7 Å². The zero-order valence-electron chi connectivity index (χ0n) is 8.45. The van der Waals surface area contributed by atoms with Gasteiger partial charge in [-0.05, 0) is 29.3 Å². The number of aromatic nitrogens is 2. The second-order valence-corrected chi connectivity index (χ2v) is 3.89. The first kappa shape index (κ1) is 11.2. The molecule has 0 unspecified atom stereocenters. The summed E-state index contributed by atoms with van der Waals surface area (Å²) in [7, 11) is 1.36. The van der Waals surface area contributed by atoms with Crippen molar-refractivity contribution in [3.8, 4) is 0 Å². The Bertz CT molecular complexity index is 336. The molecule has 0 bridgehead atoms. The summed E-state index contributed by atoms with van der Waals surface area (Å²) in [6.45, 7) is 4.05. The number of hydrogen-bond acceptors (Lipinski definition) is 3. The number of hydrogen-bond donors (Lipinski definition) is 0. The highest BCUT2D eigenvalue weighted by Gasteiger charge is 2.19. The third-order valence-electron chi connectivity index (χ3n) is 2.14. The first-order valence-corrected chi connectivity index (χ1v) is 5.22. The number of halogens is 1. The van der Waals surface area contributed by atoms with E-state index in [1.807, 2.05) is 13.8 Å². The Labute approximate surface area is 91.4 Å². The van der Waals surface area contributed by atoms with Crippen LogP contribution < -0.4 is 0 Å². The van der Waals surface area contributed by atoms with Gasteiger partial charge >= 0.3 is 5.97 Å². The molecule has 0 N–H and O–H groups in total. The lowest BCUT2D eigenvalue weighted by atomic mass is 10.2. The van der Waals surface area contributed by atoms with Gasteiger partial charge in [0.2, 0.25) is 0 Å². The van der Waals surface area contributed by atoms with Crippen molar-refractivity contribution in [1.29, 1.82) is 0 Å². The molecule has 0 saturated heterocycles. The summed E-state index contributed by atoms with van der Waals surface area (Å²) in [6.07, 6.45) is 2.52. The number of ether oxygens (including phenoxy) is 1. The summed E-state index contributed by atoms with van der Waals surface area (Å²) >= 11 is 3.27. The third-order valence-corrected chi connectivity index (χ3v) is 2.72. The van der Waals surface area contributed by atoms with E-state index in [1.54, 1.807) is 10.9 Å². The van der Waals surface area contributed by atoms with E-state index < -0.39 is 0 Å². The van der Waals surface area contributed by atoms with Crippen LogP contribution in [-0.2, 0) is 4.74 Å². The van der Waals surface area contributed by atoms with E-state index in [0.29, 0.717) is 10.2 Å². The number of methoxy groups -OCH3 is 1. The van der Waals surface area contributed by atoms with E-state index in [9.17, 15) is 4.79 Å². The molecule has 0 aliphatic rings. The maximum absolute atomic E-state index is 11.4. The first-order valence-electron chi connectivity index (χ1n) is 4.43. The zero-order chi connectivity index (χ0) is 10.7. The molecule has 5 heteroatoms. The normalized spacial score (nSPS) is 12.6. The van der Waals surface area contributed by atoms with Crippen LogP contribution in [0.4, 0.5) is 0 Å². The van der Waals surface area contributed by atoms with E-state index in [4.69, 9.17) is 0 Å². The highest BCUT2D eigenvalue weighted by Crippen LogP contribution is 2.21. The van der Waals surface area contributed by atoms with Gasteiger partial charge in [-0.2, -0.15) is 5.10 Å². The van der Waals surface area contributed by atoms with Gasteiger partial charge in [0.05, 0.1) is 17.8 Å². The van der Waals surface area contributed by atoms with Crippen molar-refractivity contribution < 1.29 is 9.53 Å². The van der Waals surface area contributed by atoms with Crippen molar-refractivity contribution in [3.05, 3.63) is 16.4 Å². The predicted molar refractivity (Wildman–Crippen MR) is 56.3 cm³/mol. The summed E-state index contributed by atoms with van der Waals surface area (Å²) < 4.78 is 7.03. The van der Waals surface area contributed by atoms with Gasteiger partial charge in [0.1, 0.15) is 0 Å². The van der Waals surface area contributed by atoms with E-state index in [-0.39, 0.29) is 12.0 Å². The number of esters is 1. The van der Waals surface area contributed by atoms with Gasteiger partial charge in [-0.1, -0.05) is 6.92 Å². The van der Waals surface area contributed by atoms with Gasteiger partial charge in [-0.3, -0.25) is 4.68 Å². The van der Waals surface area contributed by atoms with E-state index in [0.717, 1.165) is 6.42 Å². The second kappa shape index (κ2) is 4.59. The van der Waals surface area contributed by atoms with Crippen LogP contribution in [0.2, 0.25) is 0 Å². The first-order chi connectivity index (χ1) is 6.61. The molecule has 0 fully saturated rings. The number of nitrogens with zero attached hydrogens (tertiary/aromatic N) is 2. The fraction of sp³-hybridized carbons (Fsp3) is 0.556. The van der Waals surface area contributed by atoms with Crippen molar-refractivity contribution in [2.75, 3.05) is 7.11 Å². The van der Waals surface area contributed by atoms with Crippen molar-refractivity contribution in [3.63, 3.8) is 0 Å². The average Bonchev–Trinajstić information content (AvgIpc) is 2.58. The molecule has 0 saturated carbocycles. The molecule has 0 aromatic carbocycles. The maximum atomic E-state index is 11.4. The van der Waals surface area contributed by atoms with E-state index in [2.05, 4.69) is 25.8 Å². The number of carbonyl (C=O) groups excluding carboxylic acids is 1. The van der Waals surface area contributed by atoms with Crippen molar-refractivity contribution in [2.24, 2.45) is 0 Å². The van der Waals surface area contributed by atoms with Gasteiger partial charge in [-0.15, -0.1) is 0 Å². The molecular formula is C9H13BrN2O2. The monoisotopic (exact) mass is 260 g/mol. The molecule has 0 spiro atoms. The Hall–Kier alpha value is -0.840. The van der Waals surface area contributed by atoms with Crippen LogP contribution in [0, 0.1) is 0 Å². The highest BCUT2D eigenvalue weighted by molar-refractivity contribution is 9.10. The molecule has 1 rings (SSSR count). The summed E-state index contributed by atoms with van der Waals surface area (Å²) in [6, 6.07) is 0.190. The Morgan fingerprint density at radius 3 is 2.93 bits per heavy atom. The molecule has 78 valence electrons. The van der Waals surface area contributed by atoms with Gasteiger partial charge in [0, 0.05) is 6.04 Å². The molecule has 0 aliphatic heterocycles. The molecule has 1 heterocycles. The standard InChI is InChI=1S/C9H13BrN2O2/c1-4-6(2)12-8(9(13)14-3)7(10)5-11-12/h5-6H,4H2,1-3H3/t6-/m0/s1. The van der Waals surface area contributed by atoms with Crippen LogP contribution in [-0.4, -0.2) is 22.9 Å². The van der Waals surface area contributed by atoms with Crippen LogP contribution >= 0.6 is 15.9 Å². The number of carbonyl (C=O) groups is 1. The summed E-state index contributed by atoms with van der Waals surface area (Å²) in [5.41, 5.74) is 0.474. The maximum Gasteiger partial charge on any atom is 0.357 e. The molecule has 14 heavy (non-hydrogen) atoms. The topological polar surface area (TPSA) is 44.1 Å². The van der Waals surface area contributed by atoms with Crippen LogP contribution in [0.1, 0.15) is 36.8 Å². The lowest BCUT2D eigenvalue weighted by Gasteiger charge is -2.12. The SMILES string of the molecule is CC[C@H](C)n1ncc(Br)c1C(=O)OC. The zero-order valence-corrected chi connectivity index (χ0v) is 10.0. The fourth-order valence-electron chi connectivity index (χ4n) is 1.14. The molecule has 0 aliphatic carbocycles. The Kier molecular flexibility index (Phi) is 3.69. The molecule has 4 nitrogen and oxygen atoms in total. The van der Waals surface area contributed by atoms with Crippen LogP contribution in [0.25, 0.3) is 0 Å². The molecule has 0 amide bonds. The van der Waals surface area contributed by atoms with Crippen molar-refractivity contribution in [1.82, 2.24) is 9.78 Å². The Morgan fingerprint density at radius 2 is 2.43 bits per heavy atom. The highest BCUT2D eigenvalue weighted by atomic mass is 79.9. The van der Waals surface area contributed by atoms with Crippen molar-refractivity contribution >= 4 is 21.9 Å². The van der Waals surface area contributed by atoms with Gasteiger partial charge in [-0.25, -0.2) is 4.79 Å². The lowest BCUT2D eigenvalue weighted by molar-refractivity contribution is 0.0582. The summed E-state index contributed by atoms with van der Waals surface area (Å²) in [5.74, 6) is -0.366. The Balaban J connectivity index is 3.12. The Morgan fingerprint density at radius 1 is 1.79 bits per heavy atom. The van der Waals surface area contributed by atoms with E-state index in [1.165, 1.54) is 7.11 Å². The van der Waals surface area contributed by atoms with Gasteiger partial charge < -0.3 is 4.74 Å². The second-order valence-electron chi connectivity index (χ2n) is 3.03. The molecular weight excluding hydrogens is 248 g/mol. The minimum Gasteiger partial charge on any atom is -0.464 e. The molecule has 1 aromatic heterocycles.